The molecule has 0 aliphatic heterocycles. The van der Waals surface area contributed by atoms with Crippen molar-refractivity contribution in [2.75, 3.05) is 5.32 Å². The number of nitrogens with zero attached hydrogens (tertiary/aromatic N) is 1. The fourth-order valence-electron chi connectivity index (χ4n) is 2.61. The molecule has 0 unspecified atom stereocenters. The van der Waals surface area contributed by atoms with Gasteiger partial charge in [-0.25, -0.2) is 4.79 Å². The molecule has 0 bridgehead atoms. The van der Waals surface area contributed by atoms with Gasteiger partial charge >= 0.3 is 5.97 Å². The van der Waals surface area contributed by atoms with Crippen LogP contribution in [-0.2, 0) is 9.53 Å². The van der Waals surface area contributed by atoms with Crippen molar-refractivity contribution in [1.82, 2.24) is 0 Å². The summed E-state index contributed by atoms with van der Waals surface area (Å²) in [6.45, 7) is 3.51. The van der Waals surface area contributed by atoms with Gasteiger partial charge in [0.2, 0.25) is 0 Å². The smallest absolute Gasteiger partial charge is 0.349 e. The van der Waals surface area contributed by atoms with Crippen LogP contribution in [0.1, 0.15) is 27.7 Å². The first kappa shape index (κ1) is 19.3. The van der Waals surface area contributed by atoms with Crippen molar-refractivity contribution < 1.29 is 14.3 Å². The first-order valence-corrected chi connectivity index (χ1v) is 9.52. The van der Waals surface area contributed by atoms with E-state index in [4.69, 9.17) is 10.00 Å². The van der Waals surface area contributed by atoms with Crippen LogP contribution in [0.4, 0.5) is 5.69 Å². The highest BCUT2D eigenvalue weighted by atomic mass is 32.1. The molecular weight excluding hydrogens is 372 g/mol. The van der Waals surface area contributed by atoms with Crippen molar-refractivity contribution in [1.29, 1.82) is 5.26 Å². The molecule has 0 saturated carbocycles. The van der Waals surface area contributed by atoms with Gasteiger partial charge < -0.3 is 10.1 Å². The monoisotopic (exact) mass is 390 g/mol. The number of carbonyl (C=O) groups excluding carboxylic acids is 2. The van der Waals surface area contributed by atoms with Crippen LogP contribution in [0.5, 0.6) is 0 Å². The lowest BCUT2D eigenvalue weighted by Gasteiger charge is -2.14. The predicted molar refractivity (Wildman–Crippen MR) is 109 cm³/mol. The number of benzene rings is 2. The second-order valence-electron chi connectivity index (χ2n) is 6.26. The zero-order valence-corrected chi connectivity index (χ0v) is 16.2. The van der Waals surface area contributed by atoms with Crippen LogP contribution >= 0.6 is 11.3 Å². The van der Waals surface area contributed by atoms with E-state index in [1.54, 1.807) is 24.3 Å². The van der Waals surface area contributed by atoms with Gasteiger partial charge in [0, 0.05) is 11.3 Å². The Morgan fingerprint density at radius 3 is 2.61 bits per heavy atom. The molecule has 0 aliphatic carbocycles. The lowest BCUT2D eigenvalue weighted by Crippen LogP contribution is -2.29. The van der Waals surface area contributed by atoms with Gasteiger partial charge in [-0.1, -0.05) is 35.9 Å². The van der Waals surface area contributed by atoms with Crippen LogP contribution in [0.3, 0.4) is 0 Å². The number of aryl methyl sites for hydroxylation is 1. The summed E-state index contributed by atoms with van der Waals surface area (Å²) in [4.78, 5) is 25.4. The maximum atomic E-state index is 12.6. The second-order valence-corrected chi connectivity index (χ2v) is 7.17. The van der Waals surface area contributed by atoms with Gasteiger partial charge in [-0.3, -0.25) is 4.79 Å². The molecule has 0 aliphatic rings. The number of ether oxygens (including phenoxy) is 1. The van der Waals surface area contributed by atoms with Gasteiger partial charge in [0.15, 0.2) is 6.10 Å². The molecule has 1 atom stereocenters. The third-order valence-corrected chi connectivity index (χ3v) is 5.02. The topological polar surface area (TPSA) is 79.2 Å². The van der Waals surface area contributed by atoms with Crippen LogP contribution < -0.4 is 5.32 Å². The summed E-state index contributed by atoms with van der Waals surface area (Å²) in [7, 11) is 0. The van der Waals surface area contributed by atoms with Crippen LogP contribution in [0, 0.1) is 18.3 Å². The molecule has 0 saturated heterocycles. The summed E-state index contributed by atoms with van der Waals surface area (Å²) in [6, 6.07) is 18.3. The summed E-state index contributed by atoms with van der Waals surface area (Å²) in [6.07, 6.45) is -0.980. The highest BCUT2D eigenvalue weighted by Crippen LogP contribution is 2.29. The maximum Gasteiger partial charge on any atom is 0.349 e. The van der Waals surface area contributed by atoms with Crippen LogP contribution in [0.15, 0.2) is 60.0 Å². The number of anilines is 1. The molecule has 5 nitrogen and oxygen atoms in total. The van der Waals surface area contributed by atoms with Crippen molar-refractivity contribution in [3.8, 4) is 17.2 Å². The molecule has 28 heavy (non-hydrogen) atoms. The van der Waals surface area contributed by atoms with Gasteiger partial charge in [-0.15, -0.1) is 11.3 Å². The summed E-state index contributed by atoms with van der Waals surface area (Å²) in [5.41, 5.74) is 3.75. The van der Waals surface area contributed by atoms with Crippen molar-refractivity contribution in [2.45, 2.75) is 20.0 Å². The molecule has 3 rings (SSSR count). The lowest BCUT2D eigenvalue weighted by molar-refractivity contribution is -0.123. The van der Waals surface area contributed by atoms with Gasteiger partial charge in [0.1, 0.15) is 4.88 Å². The Hall–Kier alpha value is -3.43. The van der Waals surface area contributed by atoms with E-state index in [-0.39, 0.29) is 0 Å². The number of hydrogen-bond donors (Lipinski definition) is 1. The van der Waals surface area contributed by atoms with E-state index in [0.29, 0.717) is 16.1 Å². The zero-order valence-electron chi connectivity index (χ0n) is 15.4. The molecule has 2 aromatic carbocycles. The van der Waals surface area contributed by atoms with Crippen LogP contribution in [0.25, 0.3) is 11.1 Å². The number of carbonyl (C=O) groups is 2. The normalized spacial score (nSPS) is 11.3. The van der Waals surface area contributed by atoms with Crippen LogP contribution in [0.2, 0.25) is 0 Å². The van der Waals surface area contributed by atoms with Crippen molar-refractivity contribution >= 4 is 28.9 Å². The SMILES string of the molecule is Cc1ccc(-c2ccsc2C(=O)O[C@H](C)C(=O)Nc2cccc(C#N)c2)cc1. The van der Waals surface area contributed by atoms with E-state index in [0.717, 1.165) is 16.7 Å². The predicted octanol–water partition coefficient (Wildman–Crippen LogP) is 4.78. The Bertz CT molecular complexity index is 1050. The quantitative estimate of drug-likeness (QED) is 0.636. The van der Waals surface area contributed by atoms with Crippen LogP contribution in [-0.4, -0.2) is 18.0 Å². The van der Waals surface area contributed by atoms with Crippen molar-refractivity contribution in [3.63, 3.8) is 0 Å². The molecule has 0 spiro atoms. The third-order valence-electron chi connectivity index (χ3n) is 4.13. The Kier molecular flexibility index (Phi) is 5.87. The molecule has 1 amide bonds. The average molecular weight is 390 g/mol. The van der Waals surface area contributed by atoms with E-state index in [2.05, 4.69) is 5.32 Å². The number of esters is 1. The fourth-order valence-corrected chi connectivity index (χ4v) is 3.40. The average Bonchev–Trinajstić information content (AvgIpc) is 3.18. The minimum absolute atomic E-state index is 0.434. The number of nitriles is 1. The molecule has 6 heteroatoms. The van der Waals surface area contributed by atoms with E-state index < -0.39 is 18.0 Å². The standard InChI is InChI=1S/C22H18N2O3S/c1-14-6-8-17(9-7-14)19-10-11-28-20(19)22(26)27-15(2)21(25)24-18-5-3-4-16(12-18)13-23/h3-12,15H,1-2H3,(H,24,25)/t15-/m1/s1. The Morgan fingerprint density at radius 1 is 1.14 bits per heavy atom. The molecule has 1 aromatic heterocycles. The minimum atomic E-state index is -0.980. The maximum absolute atomic E-state index is 12.6. The van der Waals surface area contributed by atoms with Gasteiger partial charge in [-0.2, -0.15) is 5.26 Å². The van der Waals surface area contributed by atoms with Crippen molar-refractivity contribution in [2.24, 2.45) is 0 Å². The zero-order chi connectivity index (χ0) is 20.1. The molecule has 0 radical (unpaired) electrons. The van der Waals surface area contributed by atoms with Gasteiger partial charge in [-0.05, 0) is 49.1 Å². The summed E-state index contributed by atoms with van der Waals surface area (Å²) in [5, 5.41) is 13.4. The minimum Gasteiger partial charge on any atom is -0.448 e. The molecule has 3 aromatic rings. The highest BCUT2D eigenvalue weighted by molar-refractivity contribution is 7.12. The number of amides is 1. The fraction of sp³-hybridized carbons (Fsp3) is 0.136. The molecular formula is C22H18N2O3S. The third kappa shape index (κ3) is 4.45. The Morgan fingerprint density at radius 2 is 1.89 bits per heavy atom. The second kappa shape index (κ2) is 8.51. The lowest BCUT2D eigenvalue weighted by atomic mass is 10.1. The summed E-state index contributed by atoms with van der Waals surface area (Å²) < 4.78 is 5.37. The van der Waals surface area contributed by atoms with Gasteiger partial charge in [0.05, 0.1) is 11.6 Å². The number of rotatable bonds is 5. The summed E-state index contributed by atoms with van der Waals surface area (Å²) >= 11 is 1.28. The van der Waals surface area contributed by atoms with E-state index in [1.165, 1.54) is 18.3 Å². The summed E-state index contributed by atoms with van der Waals surface area (Å²) in [5.74, 6) is -1.00. The Balaban J connectivity index is 1.69. The number of thiophene rings is 1. The molecule has 1 N–H and O–H groups in total. The molecule has 0 fully saturated rings. The molecule has 140 valence electrons. The molecule has 1 heterocycles. The number of hydrogen-bond acceptors (Lipinski definition) is 5. The first-order chi connectivity index (χ1) is 13.5. The van der Waals surface area contributed by atoms with E-state index >= 15 is 0 Å². The largest absolute Gasteiger partial charge is 0.448 e. The van der Waals surface area contributed by atoms with Crippen molar-refractivity contribution in [3.05, 3.63) is 76.0 Å². The number of nitrogens with one attached hydrogen (secondary N) is 1. The van der Waals surface area contributed by atoms with E-state index in [1.807, 2.05) is 48.7 Å². The van der Waals surface area contributed by atoms with Gasteiger partial charge in [0.25, 0.3) is 5.91 Å². The highest BCUT2D eigenvalue weighted by Gasteiger charge is 2.22. The first-order valence-electron chi connectivity index (χ1n) is 8.64. The Labute approximate surface area is 167 Å². The van der Waals surface area contributed by atoms with E-state index in [9.17, 15) is 9.59 Å².